The Labute approximate surface area is 86.0 Å². The summed E-state index contributed by atoms with van der Waals surface area (Å²) >= 11 is 0. The Balaban J connectivity index is 2.30. The summed E-state index contributed by atoms with van der Waals surface area (Å²) in [5.74, 6) is 0.754. The number of aliphatic hydroxyl groups excluding tert-OH is 1. The van der Waals surface area contributed by atoms with Crippen molar-refractivity contribution in [2.75, 3.05) is 26.0 Å². The Hall–Kier alpha value is -0.130. The molecule has 1 aliphatic rings. The number of hydrogen-bond acceptors (Lipinski definition) is 3. The van der Waals surface area contributed by atoms with E-state index in [0.29, 0.717) is 25.3 Å². The fraction of sp³-hybridized carbons (Fsp3) is 1.00. The van der Waals surface area contributed by atoms with Crippen LogP contribution in [-0.2, 0) is 10.0 Å². The number of aliphatic hydroxyl groups is 1. The van der Waals surface area contributed by atoms with Crippen molar-refractivity contribution in [1.82, 2.24) is 4.31 Å². The third-order valence-corrected chi connectivity index (χ3v) is 4.40. The van der Waals surface area contributed by atoms with E-state index in [4.69, 9.17) is 5.11 Å². The standard InChI is InChI=1S/C9H19NO3S/c1-10(8-9-4-5-9)14(12,13)7-3-2-6-11/h9,11H,2-8H2,1H3. The van der Waals surface area contributed by atoms with E-state index in [1.807, 2.05) is 0 Å². The fourth-order valence-corrected chi connectivity index (χ4v) is 2.65. The third-order valence-electron chi connectivity index (χ3n) is 2.50. The maximum Gasteiger partial charge on any atom is 0.213 e. The second kappa shape index (κ2) is 5.09. The van der Waals surface area contributed by atoms with Crippen molar-refractivity contribution < 1.29 is 13.5 Å². The zero-order valence-electron chi connectivity index (χ0n) is 8.65. The van der Waals surface area contributed by atoms with Crippen LogP contribution >= 0.6 is 0 Å². The second-order valence-corrected chi connectivity index (χ2v) is 6.17. The van der Waals surface area contributed by atoms with E-state index >= 15 is 0 Å². The molecule has 84 valence electrons. The average molecular weight is 221 g/mol. The maximum atomic E-state index is 11.6. The summed E-state index contributed by atoms with van der Waals surface area (Å²) in [6.45, 7) is 0.739. The van der Waals surface area contributed by atoms with Gasteiger partial charge in [0, 0.05) is 20.2 Å². The summed E-state index contributed by atoms with van der Waals surface area (Å²) in [4.78, 5) is 0. The summed E-state index contributed by atoms with van der Waals surface area (Å²) in [5, 5.41) is 8.55. The monoisotopic (exact) mass is 221 g/mol. The van der Waals surface area contributed by atoms with Gasteiger partial charge in [0.1, 0.15) is 0 Å². The van der Waals surface area contributed by atoms with Gasteiger partial charge in [-0.15, -0.1) is 0 Å². The van der Waals surface area contributed by atoms with Crippen molar-refractivity contribution in [2.24, 2.45) is 5.92 Å². The molecule has 14 heavy (non-hydrogen) atoms. The van der Waals surface area contributed by atoms with Gasteiger partial charge in [0.25, 0.3) is 0 Å². The van der Waals surface area contributed by atoms with Crippen molar-refractivity contribution in [2.45, 2.75) is 25.7 Å². The molecule has 0 aromatic heterocycles. The van der Waals surface area contributed by atoms with Crippen LogP contribution in [0, 0.1) is 5.92 Å². The lowest BCUT2D eigenvalue weighted by atomic mass is 10.4. The molecule has 0 amide bonds. The average Bonchev–Trinajstić information content (AvgIpc) is 2.88. The Morgan fingerprint density at radius 3 is 2.50 bits per heavy atom. The highest BCUT2D eigenvalue weighted by atomic mass is 32.2. The van der Waals surface area contributed by atoms with Crippen LogP contribution in [-0.4, -0.2) is 43.8 Å². The summed E-state index contributed by atoms with van der Waals surface area (Å²) in [6.07, 6.45) is 3.44. The van der Waals surface area contributed by atoms with Crippen LogP contribution in [0.5, 0.6) is 0 Å². The Morgan fingerprint density at radius 2 is 2.00 bits per heavy atom. The lowest BCUT2D eigenvalue weighted by molar-refractivity contribution is 0.287. The van der Waals surface area contributed by atoms with E-state index in [2.05, 4.69) is 0 Å². The molecule has 1 fully saturated rings. The number of sulfonamides is 1. The van der Waals surface area contributed by atoms with Gasteiger partial charge in [-0.2, -0.15) is 0 Å². The van der Waals surface area contributed by atoms with Crippen LogP contribution in [0.1, 0.15) is 25.7 Å². The molecule has 0 saturated heterocycles. The summed E-state index contributed by atoms with van der Waals surface area (Å²) in [5.41, 5.74) is 0. The van der Waals surface area contributed by atoms with Gasteiger partial charge in [0.15, 0.2) is 0 Å². The van der Waals surface area contributed by atoms with E-state index < -0.39 is 10.0 Å². The molecule has 0 aromatic carbocycles. The molecule has 1 N–H and O–H groups in total. The largest absolute Gasteiger partial charge is 0.396 e. The first-order chi connectivity index (χ1) is 6.56. The predicted octanol–water partition coefficient (Wildman–Crippen LogP) is 0.430. The maximum absolute atomic E-state index is 11.6. The molecule has 1 rings (SSSR count). The van der Waals surface area contributed by atoms with Crippen LogP contribution in [0.2, 0.25) is 0 Å². The van der Waals surface area contributed by atoms with E-state index in [9.17, 15) is 8.42 Å². The van der Waals surface area contributed by atoms with Gasteiger partial charge in [0.2, 0.25) is 10.0 Å². The third kappa shape index (κ3) is 3.94. The molecule has 0 radical (unpaired) electrons. The topological polar surface area (TPSA) is 57.6 Å². The highest BCUT2D eigenvalue weighted by molar-refractivity contribution is 7.89. The molecule has 0 aliphatic heterocycles. The zero-order chi connectivity index (χ0) is 10.6. The highest BCUT2D eigenvalue weighted by Crippen LogP contribution is 2.30. The minimum absolute atomic E-state index is 0.0713. The van der Waals surface area contributed by atoms with Gasteiger partial charge < -0.3 is 5.11 Å². The summed E-state index contributed by atoms with van der Waals surface area (Å²) in [7, 11) is -1.42. The van der Waals surface area contributed by atoms with Crippen molar-refractivity contribution in [3.8, 4) is 0 Å². The second-order valence-electron chi connectivity index (χ2n) is 3.97. The first-order valence-corrected chi connectivity index (χ1v) is 6.72. The van der Waals surface area contributed by atoms with Gasteiger partial charge in [-0.1, -0.05) is 0 Å². The number of nitrogens with zero attached hydrogens (tertiary/aromatic N) is 1. The van der Waals surface area contributed by atoms with Crippen LogP contribution < -0.4 is 0 Å². The van der Waals surface area contributed by atoms with Crippen molar-refractivity contribution in [1.29, 1.82) is 0 Å². The molecule has 0 unspecified atom stereocenters. The van der Waals surface area contributed by atoms with Gasteiger partial charge in [-0.05, 0) is 31.6 Å². The molecule has 5 heteroatoms. The molecule has 1 saturated carbocycles. The van der Waals surface area contributed by atoms with E-state index in [0.717, 1.165) is 12.8 Å². The molecule has 4 nitrogen and oxygen atoms in total. The zero-order valence-corrected chi connectivity index (χ0v) is 9.46. The smallest absolute Gasteiger partial charge is 0.213 e. The number of hydrogen-bond donors (Lipinski definition) is 1. The van der Waals surface area contributed by atoms with Gasteiger partial charge in [-0.25, -0.2) is 12.7 Å². The van der Waals surface area contributed by atoms with Gasteiger partial charge >= 0.3 is 0 Å². The molecule has 0 spiro atoms. The lowest BCUT2D eigenvalue weighted by Crippen LogP contribution is -2.31. The highest BCUT2D eigenvalue weighted by Gasteiger charge is 2.27. The molecule has 1 aliphatic carbocycles. The molecule has 0 bridgehead atoms. The normalized spacial score (nSPS) is 17.6. The molecule has 0 heterocycles. The van der Waals surface area contributed by atoms with E-state index in [-0.39, 0.29) is 12.4 Å². The lowest BCUT2D eigenvalue weighted by Gasteiger charge is -2.16. The van der Waals surface area contributed by atoms with Gasteiger partial charge in [0.05, 0.1) is 5.75 Å². The fourth-order valence-electron chi connectivity index (χ4n) is 1.33. The van der Waals surface area contributed by atoms with E-state index in [1.165, 1.54) is 4.31 Å². The number of unbranched alkanes of at least 4 members (excludes halogenated alkanes) is 1. The summed E-state index contributed by atoms with van der Waals surface area (Å²) < 4.78 is 24.7. The Morgan fingerprint density at radius 1 is 1.36 bits per heavy atom. The quantitative estimate of drug-likeness (QED) is 0.634. The van der Waals surface area contributed by atoms with E-state index in [1.54, 1.807) is 7.05 Å². The number of rotatable bonds is 7. The molecular weight excluding hydrogens is 202 g/mol. The molecular formula is C9H19NO3S. The van der Waals surface area contributed by atoms with Crippen molar-refractivity contribution in [3.05, 3.63) is 0 Å². The SMILES string of the molecule is CN(CC1CC1)S(=O)(=O)CCCCO. The summed E-state index contributed by atoms with van der Waals surface area (Å²) in [6, 6.07) is 0. The molecule has 0 aromatic rings. The van der Waals surface area contributed by atoms with Crippen LogP contribution in [0.25, 0.3) is 0 Å². The van der Waals surface area contributed by atoms with Crippen LogP contribution in [0.15, 0.2) is 0 Å². The van der Waals surface area contributed by atoms with Gasteiger partial charge in [-0.3, -0.25) is 0 Å². The van der Waals surface area contributed by atoms with Crippen LogP contribution in [0.4, 0.5) is 0 Å². The van der Waals surface area contributed by atoms with Crippen molar-refractivity contribution in [3.63, 3.8) is 0 Å². The first kappa shape index (κ1) is 11.9. The minimum Gasteiger partial charge on any atom is -0.396 e. The minimum atomic E-state index is -3.07. The van der Waals surface area contributed by atoms with Crippen molar-refractivity contribution >= 4 is 10.0 Å². The first-order valence-electron chi connectivity index (χ1n) is 5.11. The Bertz CT molecular complexity index is 259. The Kier molecular flexibility index (Phi) is 4.34. The molecule has 0 atom stereocenters. The van der Waals surface area contributed by atoms with Crippen LogP contribution in [0.3, 0.4) is 0 Å². The predicted molar refractivity (Wildman–Crippen MR) is 55.5 cm³/mol.